The molecule has 0 radical (unpaired) electrons. The molecule has 0 aliphatic heterocycles. The van der Waals surface area contributed by atoms with Gasteiger partial charge in [-0.05, 0) is 31.2 Å². The van der Waals surface area contributed by atoms with Crippen LogP contribution in [0.15, 0.2) is 45.4 Å². The number of thiophene rings is 1. The number of aromatic nitrogens is 2. The van der Waals surface area contributed by atoms with Gasteiger partial charge in [0, 0.05) is 25.0 Å². The smallest absolute Gasteiger partial charge is 0.295 e. The number of aryl methyl sites for hydroxylation is 2. The Bertz CT molecular complexity index is 1010. The number of nitrogens with zero attached hydrogens (tertiary/aromatic N) is 2. The third-order valence-corrected chi connectivity index (χ3v) is 6.61. The Balaban J connectivity index is 1.80. The maximum Gasteiger partial charge on any atom is 0.328 e. The molecule has 0 fully saturated rings. The Kier molecular flexibility index (Phi) is 4.13. The number of para-hydroxylation sites is 2. The van der Waals surface area contributed by atoms with Crippen molar-refractivity contribution in [3.63, 3.8) is 0 Å². The summed E-state index contributed by atoms with van der Waals surface area (Å²) in [5, 5.41) is 0. The van der Waals surface area contributed by atoms with E-state index in [4.69, 9.17) is 0 Å². The molecule has 0 spiro atoms. The van der Waals surface area contributed by atoms with Crippen molar-refractivity contribution >= 4 is 32.4 Å². The van der Waals surface area contributed by atoms with Crippen LogP contribution >= 0.6 is 11.3 Å². The fourth-order valence-electron chi connectivity index (χ4n) is 2.50. The lowest BCUT2D eigenvalue weighted by Gasteiger charge is -2.06. The highest BCUT2D eigenvalue weighted by Gasteiger charge is 2.16. The zero-order valence-electron chi connectivity index (χ0n) is 12.8. The number of imidazole rings is 1. The number of nitrogens with one attached hydrogen (secondary N) is 1. The fourth-order valence-corrected chi connectivity index (χ4v) is 4.85. The molecule has 0 saturated heterocycles. The summed E-state index contributed by atoms with van der Waals surface area (Å²) in [5.74, 6) is 0. The van der Waals surface area contributed by atoms with Gasteiger partial charge in [-0.1, -0.05) is 12.1 Å². The lowest BCUT2D eigenvalue weighted by Crippen LogP contribution is -2.31. The zero-order chi connectivity index (χ0) is 16.6. The quantitative estimate of drug-likeness (QED) is 0.760. The van der Waals surface area contributed by atoms with Gasteiger partial charge in [-0.2, -0.15) is 0 Å². The molecule has 0 aliphatic carbocycles. The summed E-state index contributed by atoms with van der Waals surface area (Å²) in [7, 11) is -1.81. The van der Waals surface area contributed by atoms with E-state index in [1.807, 2.05) is 31.2 Å². The van der Waals surface area contributed by atoms with Crippen LogP contribution in [0.2, 0.25) is 0 Å². The molecule has 0 aliphatic rings. The van der Waals surface area contributed by atoms with Crippen LogP contribution in [-0.4, -0.2) is 24.1 Å². The molecule has 0 atom stereocenters. The SMILES string of the molecule is Cc1ccc(S(=O)(=O)NCCn2c(=O)n(C)c3ccccc32)s1. The first-order chi connectivity index (χ1) is 10.9. The lowest BCUT2D eigenvalue weighted by molar-refractivity contribution is 0.573. The molecule has 2 heterocycles. The molecule has 0 unspecified atom stereocenters. The van der Waals surface area contributed by atoms with Gasteiger partial charge in [0.05, 0.1) is 11.0 Å². The van der Waals surface area contributed by atoms with Crippen molar-refractivity contribution in [1.29, 1.82) is 0 Å². The van der Waals surface area contributed by atoms with E-state index < -0.39 is 10.0 Å². The van der Waals surface area contributed by atoms with Gasteiger partial charge in [-0.3, -0.25) is 9.13 Å². The van der Waals surface area contributed by atoms with Crippen molar-refractivity contribution in [2.45, 2.75) is 17.7 Å². The van der Waals surface area contributed by atoms with Gasteiger partial charge in [0.15, 0.2) is 0 Å². The lowest BCUT2D eigenvalue weighted by atomic mass is 10.3. The van der Waals surface area contributed by atoms with Gasteiger partial charge in [0.25, 0.3) is 0 Å². The average Bonchev–Trinajstić information content (AvgIpc) is 3.06. The molecular weight excluding hydrogens is 334 g/mol. The van der Waals surface area contributed by atoms with Crippen LogP contribution in [0, 0.1) is 6.92 Å². The van der Waals surface area contributed by atoms with Crippen molar-refractivity contribution < 1.29 is 8.42 Å². The summed E-state index contributed by atoms with van der Waals surface area (Å²) in [4.78, 5) is 13.2. The number of sulfonamides is 1. The van der Waals surface area contributed by atoms with E-state index in [1.165, 1.54) is 11.3 Å². The number of rotatable bonds is 5. The predicted octanol–water partition coefficient (Wildman–Crippen LogP) is 1.69. The molecule has 1 aromatic carbocycles. The largest absolute Gasteiger partial charge is 0.328 e. The molecule has 2 aromatic heterocycles. The molecule has 3 aromatic rings. The minimum atomic E-state index is -3.52. The van der Waals surface area contributed by atoms with Crippen LogP contribution in [0.4, 0.5) is 0 Å². The van der Waals surface area contributed by atoms with Crippen LogP contribution in [0.5, 0.6) is 0 Å². The summed E-state index contributed by atoms with van der Waals surface area (Å²) in [6, 6.07) is 10.8. The maximum atomic E-state index is 12.3. The molecule has 122 valence electrons. The molecular formula is C15H17N3O3S2. The summed E-state index contributed by atoms with van der Waals surface area (Å²) in [6.45, 7) is 2.30. The highest BCUT2D eigenvalue weighted by atomic mass is 32.2. The van der Waals surface area contributed by atoms with Gasteiger partial charge in [0.1, 0.15) is 4.21 Å². The van der Waals surface area contributed by atoms with Gasteiger partial charge >= 0.3 is 5.69 Å². The molecule has 0 bridgehead atoms. The van der Waals surface area contributed by atoms with Crippen molar-refractivity contribution in [1.82, 2.24) is 13.9 Å². The minimum absolute atomic E-state index is 0.155. The third-order valence-electron chi connectivity index (χ3n) is 3.66. The van der Waals surface area contributed by atoms with E-state index in [9.17, 15) is 13.2 Å². The van der Waals surface area contributed by atoms with Crippen molar-refractivity contribution in [2.75, 3.05) is 6.54 Å². The normalized spacial score (nSPS) is 12.1. The summed E-state index contributed by atoms with van der Waals surface area (Å²) in [5.41, 5.74) is 1.47. The van der Waals surface area contributed by atoms with Crippen LogP contribution in [-0.2, 0) is 23.6 Å². The Morgan fingerprint density at radius 1 is 1.13 bits per heavy atom. The number of hydrogen-bond acceptors (Lipinski definition) is 4. The van der Waals surface area contributed by atoms with Crippen LogP contribution < -0.4 is 10.4 Å². The van der Waals surface area contributed by atoms with Gasteiger partial charge in [0.2, 0.25) is 10.0 Å². The first kappa shape index (κ1) is 16.0. The van der Waals surface area contributed by atoms with E-state index in [0.29, 0.717) is 4.21 Å². The van der Waals surface area contributed by atoms with E-state index in [1.54, 1.807) is 28.3 Å². The van der Waals surface area contributed by atoms with E-state index >= 15 is 0 Å². The second-order valence-corrected chi connectivity index (χ2v) is 8.53. The minimum Gasteiger partial charge on any atom is -0.295 e. The Hall–Kier alpha value is -1.90. The van der Waals surface area contributed by atoms with Gasteiger partial charge < -0.3 is 0 Å². The highest BCUT2D eigenvalue weighted by Crippen LogP contribution is 2.20. The molecule has 1 N–H and O–H groups in total. The molecule has 0 amide bonds. The zero-order valence-corrected chi connectivity index (χ0v) is 14.4. The van der Waals surface area contributed by atoms with Gasteiger partial charge in [-0.25, -0.2) is 17.9 Å². The highest BCUT2D eigenvalue weighted by molar-refractivity contribution is 7.91. The Morgan fingerprint density at radius 2 is 1.83 bits per heavy atom. The molecule has 23 heavy (non-hydrogen) atoms. The second kappa shape index (κ2) is 5.95. The average molecular weight is 351 g/mol. The Labute approximate surface area is 138 Å². The summed E-state index contributed by atoms with van der Waals surface area (Å²) in [6.07, 6.45) is 0. The summed E-state index contributed by atoms with van der Waals surface area (Å²) < 4.78 is 30.4. The third kappa shape index (κ3) is 2.97. The van der Waals surface area contributed by atoms with E-state index in [-0.39, 0.29) is 18.8 Å². The molecule has 3 rings (SSSR count). The van der Waals surface area contributed by atoms with Crippen molar-refractivity contribution in [3.8, 4) is 0 Å². The van der Waals surface area contributed by atoms with Crippen molar-refractivity contribution in [2.24, 2.45) is 7.05 Å². The van der Waals surface area contributed by atoms with E-state index in [2.05, 4.69) is 4.72 Å². The topological polar surface area (TPSA) is 73.1 Å². The standard InChI is InChI=1S/C15H17N3O3S2/c1-11-7-8-14(22-11)23(20,21)16-9-10-18-13-6-4-3-5-12(13)17(2)15(18)19/h3-8,16H,9-10H2,1-2H3. The number of fused-ring (bicyclic) bond motifs is 1. The van der Waals surface area contributed by atoms with Crippen molar-refractivity contribution in [3.05, 3.63) is 51.8 Å². The van der Waals surface area contributed by atoms with Crippen LogP contribution in [0.25, 0.3) is 11.0 Å². The molecule has 8 heteroatoms. The van der Waals surface area contributed by atoms with Crippen LogP contribution in [0.3, 0.4) is 0 Å². The summed E-state index contributed by atoms with van der Waals surface area (Å²) >= 11 is 1.23. The number of hydrogen-bond donors (Lipinski definition) is 1. The fraction of sp³-hybridized carbons (Fsp3) is 0.267. The predicted molar refractivity (Wildman–Crippen MR) is 91.4 cm³/mol. The Morgan fingerprint density at radius 3 is 2.48 bits per heavy atom. The first-order valence-electron chi connectivity index (χ1n) is 7.10. The number of benzene rings is 1. The second-order valence-electron chi connectivity index (χ2n) is 5.24. The first-order valence-corrected chi connectivity index (χ1v) is 9.40. The van der Waals surface area contributed by atoms with Gasteiger partial charge in [-0.15, -0.1) is 11.3 Å². The van der Waals surface area contributed by atoms with Crippen LogP contribution in [0.1, 0.15) is 4.88 Å². The monoisotopic (exact) mass is 351 g/mol. The molecule has 6 nitrogen and oxygen atoms in total. The maximum absolute atomic E-state index is 12.3. The van der Waals surface area contributed by atoms with E-state index in [0.717, 1.165) is 15.9 Å². The molecule has 0 saturated carbocycles.